The van der Waals surface area contributed by atoms with Crippen molar-refractivity contribution in [3.05, 3.63) is 53.6 Å². The second-order valence-corrected chi connectivity index (χ2v) is 6.78. The fraction of sp³-hybridized carbons (Fsp3) is 0.421. The molecule has 3 rings (SSSR count). The van der Waals surface area contributed by atoms with Gasteiger partial charge in [-0.25, -0.2) is 0 Å². The average Bonchev–Trinajstić information content (AvgIpc) is 2.94. The molecule has 126 valence electrons. The van der Waals surface area contributed by atoms with E-state index in [4.69, 9.17) is 0 Å². The van der Waals surface area contributed by atoms with E-state index >= 15 is 0 Å². The van der Waals surface area contributed by atoms with Gasteiger partial charge >= 0.3 is 0 Å². The topological polar surface area (TPSA) is 51.0 Å². The first kappa shape index (κ1) is 16.4. The van der Waals surface area contributed by atoms with Gasteiger partial charge in [-0.15, -0.1) is 10.2 Å². The summed E-state index contributed by atoms with van der Waals surface area (Å²) in [5.41, 5.74) is 1.03. The number of aromatic nitrogens is 3. The van der Waals surface area contributed by atoms with Gasteiger partial charge in [0.15, 0.2) is 5.82 Å². The number of carbonyl (C=O) groups excluding carboxylic acids is 1. The van der Waals surface area contributed by atoms with E-state index in [0.29, 0.717) is 19.0 Å². The summed E-state index contributed by atoms with van der Waals surface area (Å²) in [7, 11) is 0. The third-order valence-corrected chi connectivity index (χ3v) is 4.34. The Morgan fingerprint density at radius 2 is 2.04 bits per heavy atom. The SMILES string of the molecule is Cc1nnc2n1[C@@H](CC(C)C)CN(C(=O)C=Cc1ccccc1)C2. The summed E-state index contributed by atoms with van der Waals surface area (Å²) in [6, 6.07) is 10.1. The third-order valence-electron chi connectivity index (χ3n) is 4.34. The highest BCUT2D eigenvalue weighted by atomic mass is 16.2. The highest BCUT2D eigenvalue weighted by molar-refractivity contribution is 5.91. The lowest BCUT2D eigenvalue weighted by molar-refractivity contribution is -0.128. The number of amides is 1. The zero-order valence-corrected chi connectivity index (χ0v) is 14.5. The zero-order chi connectivity index (χ0) is 17.1. The molecule has 5 nitrogen and oxygen atoms in total. The van der Waals surface area contributed by atoms with Crippen LogP contribution in [0.5, 0.6) is 0 Å². The maximum atomic E-state index is 12.6. The van der Waals surface area contributed by atoms with Crippen molar-refractivity contribution in [1.82, 2.24) is 19.7 Å². The first-order valence-electron chi connectivity index (χ1n) is 8.47. The Labute approximate surface area is 143 Å². The van der Waals surface area contributed by atoms with E-state index in [1.165, 1.54) is 0 Å². The van der Waals surface area contributed by atoms with E-state index in [9.17, 15) is 4.79 Å². The molecule has 0 bridgehead atoms. The van der Waals surface area contributed by atoms with Gasteiger partial charge in [-0.2, -0.15) is 0 Å². The lowest BCUT2D eigenvalue weighted by Crippen LogP contribution is -2.41. The van der Waals surface area contributed by atoms with Gasteiger partial charge in [0.2, 0.25) is 5.91 Å². The van der Waals surface area contributed by atoms with Crippen LogP contribution < -0.4 is 0 Å². The zero-order valence-electron chi connectivity index (χ0n) is 14.5. The summed E-state index contributed by atoms with van der Waals surface area (Å²) in [5, 5.41) is 8.46. The normalized spacial score (nSPS) is 17.5. The van der Waals surface area contributed by atoms with Crippen LogP contribution in [0.25, 0.3) is 6.08 Å². The number of rotatable bonds is 4. The molecule has 1 aliphatic heterocycles. The number of aryl methyl sites for hydroxylation is 1. The minimum absolute atomic E-state index is 0.0273. The molecule has 5 heteroatoms. The minimum Gasteiger partial charge on any atom is -0.330 e. The van der Waals surface area contributed by atoms with E-state index in [0.717, 1.165) is 23.6 Å². The molecule has 0 fully saturated rings. The Balaban J connectivity index is 1.77. The maximum absolute atomic E-state index is 12.6. The molecule has 1 atom stereocenters. The van der Waals surface area contributed by atoms with Crippen LogP contribution in [-0.4, -0.2) is 32.1 Å². The molecule has 0 unspecified atom stereocenters. The molecule has 0 aliphatic carbocycles. The second-order valence-electron chi connectivity index (χ2n) is 6.78. The Morgan fingerprint density at radius 3 is 2.75 bits per heavy atom. The van der Waals surface area contributed by atoms with E-state index < -0.39 is 0 Å². The molecule has 0 radical (unpaired) electrons. The lowest BCUT2D eigenvalue weighted by Gasteiger charge is -2.34. The van der Waals surface area contributed by atoms with Crippen molar-refractivity contribution in [2.75, 3.05) is 6.54 Å². The Bertz CT molecular complexity index is 733. The van der Waals surface area contributed by atoms with E-state index in [1.54, 1.807) is 6.08 Å². The van der Waals surface area contributed by atoms with Crippen LogP contribution in [0.15, 0.2) is 36.4 Å². The molecule has 24 heavy (non-hydrogen) atoms. The Kier molecular flexibility index (Phi) is 4.79. The smallest absolute Gasteiger partial charge is 0.247 e. The quantitative estimate of drug-likeness (QED) is 0.811. The molecule has 2 heterocycles. The summed E-state index contributed by atoms with van der Waals surface area (Å²) in [6.45, 7) is 7.62. The molecule has 1 aliphatic rings. The number of carbonyl (C=O) groups is 1. The van der Waals surface area contributed by atoms with Gasteiger partial charge in [-0.3, -0.25) is 4.79 Å². The molecular weight excluding hydrogens is 300 g/mol. The van der Waals surface area contributed by atoms with Crippen molar-refractivity contribution in [2.24, 2.45) is 5.92 Å². The summed E-state index contributed by atoms with van der Waals surface area (Å²) >= 11 is 0. The molecule has 0 saturated heterocycles. The van der Waals surface area contributed by atoms with Gasteiger partial charge in [-0.1, -0.05) is 44.2 Å². The van der Waals surface area contributed by atoms with Crippen molar-refractivity contribution >= 4 is 12.0 Å². The van der Waals surface area contributed by atoms with Crippen LogP contribution in [0, 0.1) is 12.8 Å². The third kappa shape index (κ3) is 3.55. The highest BCUT2D eigenvalue weighted by Crippen LogP contribution is 2.27. The number of hydrogen-bond donors (Lipinski definition) is 0. The fourth-order valence-corrected chi connectivity index (χ4v) is 3.30. The number of benzene rings is 1. The number of fused-ring (bicyclic) bond motifs is 1. The van der Waals surface area contributed by atoms with Crippen molar-refractivity contribution in [2.45, 2.75) is 39.8 Å². The van der Waals surface area contributed by atoms with Crippen LogP contribution in [0.4, 0.5) is 0 Å². The number of nitrogens with zero attached hydrogens (tertiary/aromatic N) is 4. The maximum Gasteiger partial charge on any atom is 0.247 e. The summed E-state index contributed by atoms with van der Waals surface area (Å²) < 4.78 is 2.20. The van der Waals surface area contributed by atoms with Crippen molar-refractivity contribution in [3.63, 3.8) is 0 Å². The predicted octanol–water partition coefficient (Wildman–Crippen LogP) is 3.23. The minimum atomic E-state index is 0.0273. The summed E-state index contributed by atoms with van der Waals surface area (Å²) in [6.07, 6.45) is 4.53. The molecular formula is C19H24N4O. The molecule has 0 spiro atoms. The van der Waals surface area contributed by atoms with Crippen molar-refractivity contribution < 1.29 is 4.79 Å². The summed E-state index contributed by atoms with van der Waals surface area (Å²) in [4.78, 5) is 14.5. The van der Waals surface area contributed by atoms with Crippen LogP contribution in [-0.2, 0) is 11.3 Å². The van der Waals surface area contributed by atoms with E-state index in [1.807, 2.05) is 48.2 Å². The predicted molar refractivity (Wildman–Crippen MR) is 94.1 cm³/mol. The van der Waals surface area contributed by atoms with Crippen LogP contribution in [0.3, 0.4) is 0 Å². The standard InChI is InChI=1S/C19H24N4O/c1-14(2)11-17-12-22(13-18-21-20-15(3)23(17)18)19(24)10-9-16-7-5-4-6-8-16/h4-10,14,17H,11-13H2,1-3H3/t17-/m0/s1. The van der Waals surface area contributed by atoms with Gasteiger partial charge in [0, 0.05) is 12.6 Å². The number of hydrogen-bond acceptors (Lipinski definition) is 3. The van der Waals surface area contributed by atoms with Crippen molar-refractivity contribution in [3.8, 4) is 0 Å². The first-order chi connectivity index (χ1) is 11.5. The van der Waals surface area contributed by atoms with Gasteiger partial charge in [-0.05, 0) is 30.9 Å². The Hall–Kier alpha value is -2.43. The molecule has 0 saturated carbocycles. The molecule has 2 aromatic rings. The van der Waals surface area contributed by atoms with E-state index in [-0.39, 0.29) is 11.9 Å². The molecule has 1 aromatic heterocycles. The summed E-state index contributed by atoms with van der Waals surface area (Å²) in [5.74, 6) is 2.40. The van der Waals surface area contributed by atoms with Gasteiger partial charge in [0.1, 0.15) is 5.82 Å². The average molecular weight is 324 g/mol. The van der Waals surface area contributed by atoms with Gasteiger partial charge < -0.3 is 9.47 Å². The lowest BCUT2D eigenvalue weighted by atomic mass is 10.0. The van der Waals surface area contributed by atoms with Crippen LogP contribution >= 0.6 is 0 Å². The van der Waals surface area contributed by atoms with Gasteiger partial charge in [0.05, 0.1) is 12.6 Å². The van der Waals surface area contributed by atoms with Gasteiger partial charge in [0.25, 0.3) is 0 Å². The van der Waals surface area contributed by atoms with Crippen molar-refractivity contribution in [1.29, 1.82) is 0 Å². The highest BCUT2D eigenvalue weighted by Gasteiger charge is 2.30. The second kappa shape index (κ2) is 6.99. The van der Waals surface area contributed by atoms with Crippen LogP contribution in [0.1, 0.15) is 43.5 Å². The fourth-order valence-electron chi connectivity index (χ4n) is 3.30. The molecule has 1 amide bonds. The monoisotopic (exact) mass is 324 g/mol. The Morgan fingerprint density at radius 1 is 1.29 bits per heavy atom. The van der Waals surface area contributed by atoms with Crippen LogP contribution in [0.2, 0.25) is 0 Å². The molecule has 0 N–H and O–H groups in total. The molecule has 1 aromatic carbocycles. The largest absolute Gasteiger partial charge is 0.330 e. The van der Waals surface area contributed by atoms with E-state index in [2.05, 4.69) is 28.6 Å². The first-order valence-corrected chi connectivity index (χ1v) is 8.47.